The van der Waals surface area contributed by atoms with Crippen molar-refractivity contribution in [1.29, 1.82) is 0 Å². The molecule has 3 aromatic rings. The van der Waals surface area contributed by atoms with Crippen molar-refractivity contribution in [2.75, 3.05) is 11.4 Å². The van der Waals surface area contributed by atoms with Crippen LogP contribution in [0.1, 0.15) is 19.8 Å². The van der Waals surface area contributed by atoms with Crippen LogP contribution in [-0.4, -0.2) is 22.2 Å². The summed E-state index contributed by atoms with van der Waals surface area (Å²) in [6.45, 7) is 2.64. The second kappa shape index (κ2) is 8.58. The molecule has 0 saturated carbocycles. The molecular weight excluding hydrogens is 346 g/mol. The minimum Gasteiger partial charge on any atom is -0.311 e. The Morgan fingerprint density at radius 3 is 2.62 bits per heavy atom. The zero-order chi connectivity index (χ0) is 18.4. The van der Waals surface area contributed by atoms with Gasteiger partial charge in [0.2, 0.25) is 5.91 Å². The predicted molar refractivity (Wildman–Crippen MR) is 106 cm³/mol. The topological polar surface area (TPSA) is 55.2 Å². The minimum atomic E-state index is -0.276. The number of hydrogen-bond acceptors (Lipinski definition) is 4. The number of carbonyl (C=O) groups excluding carboxylic acids is 1. The molecule has 0 spiro atoms. The smallest absolute Gasteiger partial charge is 0.267 e. The average Bonchev–Trinajstić information content (AvgIpc) is 3.19. The molecule has 2 heterocycles. The van der Waals surface area contributed by atoms with E-state index in [0.29, 0.717) is 12.2 Å². The first-order chi connectivity index (χ1) is 12.7. The van der Waals surface area contributed by atoms with E-state index in [1.165, 1.54) is 10.7 Å². The first kappa shape index (κ1) is 18.1. The molecule has 0 saturated heterocycles. The minimum absolute atomic E-state index is 0.0728. The Labute approximate surface area is 156 Å². The molecule has 0 radical (unpaired) electrons. The highest BCUT2D eigenvalue weighted by Crippen LogP contribution is 2.21. The summed E-state index contributed by atoms with van der Waals surface area (Å²) >= 11 is 1.55. The number of anilines is 1. The molecule has 3 rings (SSSR count). The van der Waals surface area contributed by atoms with Crippen molar-refractivity contribution in [2.24, 2.45) is 0 Å². The third-order valence-corrected chi connectivity index (χ3v) is 4.92. The Morgan fingerprint density at radius 2 is 1.92 bits per heavy atom. The normalized spacial score (nSPS) is 10.7. The van der Waals surface area contributed by atoms with Crippen molar-refractivity contribution in [3.63, 3.8) is 0 Å². The van der Waals surface area contributed by atoms with Gasteiger partial charge < -0.3 is 4.90 Å². The number of benzene rings is 1. The van der Waals surface area contributed by atoms with E-state index in [4.69, 9.17) is 0 Å². The second-order valence-corrected chi connectivity index (χ2v) is 6.87. The Balaban J connectivity index is 1.85. The van der Waals surface area contributed by atoms with Gasteiger partial charge in [-0.3, -0.25) is 9.59 Å². The summed E-state index contributed by atoms with van der Waals surface area (Å²) in [5, 5.41) is 6.34. The fourth-order valence-electron chi connectivity index (χ4n) is 2.65. The van der Waals surface area contributed by atoms with Gasteiger partial charge in [0.15, 0.2) is 0 Å². The predicted octanol–water partition coefficient (Wildman–Crippen LogP) is 3.81. The molecule has 0 unspecified atom stereocenters. The Morgan fingerprint density at radius 1 is 1.12 bits per heavy atom. The van der Waals surface area contributed by atoms with Crippen LogP contribution in [0.25, 0.3) is 10.6 Å². The highest BCUT2D eigenvalue weighted by Gasteiger charge is 2.17. The van der Waals surface area contributed by atoms with Gasteiger partial charge in [-0.15, -0.1) is 11.3 Å². The number of unbranched alkanes of at least 4 members (excludes halogenated alkanes) is 1. The fourth-order valence-corrected chi connectivity index (χ4v) is 3.34. The van der Waals surface area contributed by atoms with Crippen LogP contribution in [0.4, 0.5) is 5.69 Å². The number of amides is 1. The molecule has 0 N–H and O–H groups in total. The maximum Gasteiger partial charge on any atom is 0.267 e. The van der Waals surface area contributed by atoms with Crippen molar-refractivity contribution < 1.29 is 4.79 Å². The maximum atomic E-state index is 12.9. The van der Waals surface area contributed by atoms with Gasteiger partial charge in [-0.1, -0.05) is 37.6 Å². The first-order valence-electron chi connectivity index (χ1n) is 8.66. The van der Waals surface area contributed by atoms with Crippen molar-refractivity contribution in [3.05, 3.63) is 70.3 Å². The Hall–Kier alpha value is -2.73. The zero-order valence-electron chi connectivity index (χ0n) is 14.7. The van der Waals surface area contributed by atoms with Gasteiger partial charge in [-0.25, -0.2) is 4.68 Å². The van der Waals surface area contributed by atoms with Crippen molar-refractivity contribution in [2.45, 2.75) is 26.3 Å². The van der Waals surface area contributed by atoms with Gasteiger partial charge in [-0.05, 0) is 36.1 Å². The van der Waals surface area contributed by atoms with E-state index in [1.54, 1.807) is 22.3 Å². The van der Waals surface area contributed by atoms with Crippen LogP contribution in [0.15, 0.2) is 64.8 Å². The second-order valence-electron chi connectivity index (χ2n) is 5.93. The number of hydrogen-bond donors (Lipinski definition) is 0. The molecule has 0 aliphatic carbocycles. The average molecular weight is 367 g/mol. The van der Waals surface area contributed by atoms with E-state index in [1.807, 2.05) is 47.8 Å². The quantitative estimate of drug-likeness (QED) is 0.638. The van der Waals surface area contributed by atoms with Crippen molar-refractivity contribution >= 4 is 22.9 Å². The van der Waals surface area contributed by atoms with Gasteiger partial charge in [0, 0.05) is 18.3 Å². The molecular formula is C20H21N3O2S. The van der Waals surface area contributed by atoms with E-state index in [-0.39, 0.29) is 18.0 Å². The van der Waals surface area contributed by atoms with Gasteiger partial charge in [0.1, 0.15) is 12.2 Å². The lowest BCUT2D eigenvalue weighted by Crippen LogP contribution is -2.38. The summed E-state index contributed by atoms with van der Waals surface area (Å²) in [6, 6.07) is 16.6. The first-order valence-corrected chi connectivity index (χ1v) is 9.54. The van der Waals surface area contributed by atoms with Crippen LogP contribution < -0.4 is 10.5 Å². The van der Waals surface area contributed by atoms with Crippen LogP contribution >= 0.6 is 11.3 Å². The summed E-state index contributed by atoms with van der Waals surface area (Å²) in [5.41, 5.74) is 1.27. The standard InChI is InChI=1S/C20H21N3O2S/c1-2-3-13-22(16-8-5-4-6-9-16)20(25)15-23-19(24)12-11-17(21-23)18-10-7-14-26-18/h4-12,14H,2-3,13,15H2,1H3. The molecule has 0 aliphatic rings. The molecule has 1 amide bonds. The largest absolute Gasteiger partial charge is 0.311 e. The van der Waals surface area contributed by atoms with Crippen LogP contribution in [0, 0.1) is 0 Å². The highest BCUT2D eigenvalue weighted by molar-refractivity contribution is 7.13. The molecule has 5 nitrogen and oxygen atoms in total. The number of aromatic nitrogens is 2. The lowest BCUT2D eigenvalue weighted by Gasteiger charge is -2.23. The van der Waals surface area contributed by atoms with Crippen LogP contribution in [0.5, 0.6) is 0 Å². The molecule has 1 aromatic carbocycles. The van der Waals surface area contributed by atoms with E-state index >= 15 is 0 Å². The fraction of sp³-hybridized carbons (Fsp3) is 0.250. The van der Waals surface area contributed by atoms with Gasteiger partial charge >= 0.3 is 0 Å². The lowest BCUT2D eigenvalue weighted by atomic mass is 10.2. The third-order valence-electron chi connectivity index (χ3n) is 4.03. The molecule has 0 bridgehead atoms. The van der Waals surface area contributed by atoms with E-state index < -0.39 is 0 Å². The number of para-hydroxylation sites is 1. The van der Waals surface area contributed by atoms with Crippen molar-refractivity contribution in [3.8, 4) is 10.6 Å². The summed E-state index contributed by atoms with van der Waals surface area (Å²) in [5.74, 6) is -0.137. The van der Waals surface area contributed by atoms with E-state index in [0.717, 1.165) is 23.4 Å². The molecule has 0 atom stereocenters. The van der Waals surface area contributed by atoms with E-state index in [9.17, 15) is 9.59 Å². The molecule has 0 fully saturated rings. The zero-order valence-corrected chi connectivity index (χ0v) is 15.5. The third kappa shape index (κ3) is 4.26. The summed E-state index contributed by atoms with van der Waals surface area (Å²) < 4.78 is 1.25. The number of thiophene rings is 1. The molecule has 6 heteroatoms. The maximum absolute atomic E-state index is 12.9. The molecule has 26 heavy (non-hydrogen) atoms. The van der Waals surface area contributed by atoms with Gasteiger partial charge in [0.25, 0.3) is 5.56 Å². The number of nitrogens with zero attached hydrogens (tertiary/aromatic N) is 3. The van der Waals surface area contributed by atoms with Crippen molar-refractivity contribution in [1.82, 2.24) is 9.78 Å². The summed E-state index contributed by atoms with van der Waals surface area (Å²) in [7, 11) is 0. The molecule has 134 valence electrons. The van der Waals surface area contributed by atoms with Crippen LogP contribution in [0.3, 0.4) is 0 Å². The molecule has 0 aliphatic heterocycles. The van der Waals surface area contributed by atoms with Crippen LogP contribution in [0.2, 0.25) is 0 Å². The lowest BCUT2D eigenvalue weighted by molar-refractivity contribution is -0.119. The number of carbonyl (C=O) groups is 1. The van der Waals surface area contributed by atoms with Gasteiger partial charge in [0.05, 0.1) is 4.88 Å². The monoisotopic (exact) mass is 367 g/mol. The highest BCUT2D eigenvalue weighted by atomic mass is 32.1. The Kier molecular flexibility index (Phi) is 5.96. The SMILES string of the molecule is CCCCN(C(=O)Cn1nc(-c2cccs2)ccc1=O)c1ccccc1. The van der Waals surface area contributed by atoms with E-state index in [2.05, 4.69) is 12.0 Å². The molecule has 2 aromatic heterocycles. The summed E-state index contributed by atoms with van der Waals surface area (Å²) in [6.07, 6.45) is 1.89. The number of rotatable bonds is 7. The Bertz CT molecular complexity index is 904. The summed E-state index contributed by atoms with van der Waals surface area (Å²) in [4.78, 5) is 27.8. The van der Waals surface area contributed by atoms with Gasteiger partial charge in [-0.2, -0.15) is 5.10 Å². The van der Waals surface area contributed by atoms with Crippen LogP contribution in [-0.2, 0) is 11.3 Å².